The highest BCUT2D eigenvalue weighted by molar-refractivity contribution is 5.25. The molecule has 1 aromatic rings. The van der Waals surface area contributed by atoms with Crippen molar-refractivity contribution in [3.8, 4) is 0 Å². The molecule has 0 amide bonds. The third kappa shape index (κ3) is 2.82. The van der Waals surface area contributed by atoms with E-state index >= 15 is 0 Å². The van der Waals surface area contributed by atoms with Crippen LogP contribution in [0.4, 0.5) is 0 Å². The van der Waals surface area contributed by atoms with E-state index in [0.29, 0.717) is 6.04 Å². The van der Waals surface area contributed by atoms with Gasteiger partial charge in [-0.25, -0.2) is 0 Å². The van der Waals surface area contributed by atoms with Crippen LogP contribution in [0.3, 0.4) is 0 Å². The predicted octanol–water partition coefficient (Wildman–Crippen LogP) is 2.92. The standard InChI is InChI=1S/C16H27N3/c1-5-18-15(14-10-13(2)11-17-12-14)16(19(3)4)8-6-7-9-16/h10-12,15,18H,5-9H2,1-4H3. The van der Waals surface area contributed by atoms with Gasteiger partial charge in [-0.15, -0.1) is 0 Å². The maximum atomic E-state index is 4.39. The van der Waals surface area contributed by atoms with Gasteiger partial charge in [-0.05, 0) is 51.5 Å². The van der Waals surface area contributed by atoms with Gasteiger partial charge in [-0.1, -0.05) is 25.8 Å². The predicted molar refractivity (Wildman–Crippen MR) is 80.3 cm³/mol. The fraction of sp³-hybridized carbons (Fsp3) is 0.688. The van der Waals surface area contributed by atoms with Crippen LogP contribution in [0.1, 0.15) is 49.8 Å². The topological polar surface area (TPSA) is 28.2 Å². The summed E-state index contributed by atoms with van der Waals surface area (Å²) in [6, 6.07) is 2.66. The first-order valence-electron chi connectivity index (χ1n) is 7.42. The Hall–Kier alpha value is -0.930. The van der Waals surface area contributed by atoms with Gasteiger partial charge >= 0.3 is 0 Å². The summed E-state index contributed by atoms with van der Waals surface area (Å²) >= 11 is 0. The van der Waals surface area contributed by atoms with Gasteiger partial charge < -0.3 is 10.2 Å². The number of hydrogen-bond donors (Lipinski definition) is 1. The van der Waals surface area contributed by atoms with Crippen LogP contribution in [-0.2, 0) is 0 Å². The molecule has 0 spiro atoms. The molecule has 1 N–H and O–H groups in total. The molecule has 1 aliphatic rings. The number of aromatic nitrogens is 1. The summed E-state index contributed by atoms with van der Waals surface area (Å²) in [6.45, 7) is 5.30. The minimum Gasteiger partial charge on any atom is -0.309 e. The molecule has 2 rings (SSSR count). The number of pyridine rings is 1. The van der Waals surface area contributed by atoms with Crippen molar-refractivity contribution in [1.82, 2.24) is 15.2 Å². The van der Waals surface area contributed by atoms with Gasteiger partial charge in [0.25, 0.3) is 0 Å². The molecule has 1 aromatic heterocycles. The largest absolute Gasteiger partial charge is 0.309 e. The van der Waals surface area contributed by atoms with Crippen molar-refractivity contribution in [3.63, 3.8) is 0 Å². The van der Waals surface area contributed by atoms with Crippen molar-refractivity contribution in [2.24, 2.45) is 0 Å². The molecule has 3 heteroatoms. The molecule has 1 aliphatic carbocycles. The van der Waals surface area contributed by atoms with Crippen molar-refractivity contribution < 1.29 is 0 Å². The molecule has 0 bridgehead atoms. The molecule has 1 saturated carbocycles. The summed E-state index contributed by atoms with van der Waals surface area (Å²) < 4.78 is 0. The summed E-state index contributed by atoms with van der Waals surface area (Å²) in [4.78, 5) is 6.82. The first-order valence-corrected chi connectivity index (χ1v) is 7.42. The number of likely N-dealkylation sites (N-methyl/N-ethyl adjacent to an activating group) is 2. The van der Waals surface area contributed by atoms with Crippen LogP contribution < -0.4 is 5.32 Å². The molecule has 1 atom stereocenters. The molecular weight excluding hydrogens is 234 g/mol. The van der Waals surface area contributed by atoms with E-state index in [1.165, 1.54) is 36.8 Å². The lowest BCUT2D eigenvalue weighted by Gasteiger charge is -2.44. The second-order valence-corrected chi connectivity index (χ2v) is 5.99. The van der Waals surface area contributed by atoms with Crippen LogP contribution >= 0.6 is 0 Å². The lowest BCUT2D eigenvalue weighted by atomic mass is 9.82. The van der Waals surface area contributed by atoms with Crippen LogP contribution in [0.2, 0.25) is 0 Å². The lowest BCUT2D eigenvalue weighted by molar-refractivity contribution is 0.105. The highest BCUT2D eigenvalue weighted by Gasteiger charge is 2.43. The summed E-state index contributed by atoms with van der Waals surface area (Å²) in [5.74, 6) is 0. The average Bonchev–Trinajstić information content (AvgIpc) is 2.86. The van der Waals surface area contributed by atoms with Gasteiger partial charge in [-0.2, -0.15) is 0 Å². The molecule has 1 fully saturated rings. The van der Waals surface area contributed by atoms with Crippen molar-refractivity contribution in [1.29, 1.82) is 0 Å². The van der Waals surface area contributed by atoms with Gasteiger partial charge in [-0.3, -0.25) is 4.98 Å². The zero-order valence-electron chi connectivity index (χ0n) is 12.7. The molecule has 3 nitrogen and oxygen atoms in total. The second-order valence-electron chi connectivity index (χ2n) is 5.99. The monoisotopic (exact) mass is 261 g/mol. The minimum absolute atomic E-state index is 0.242. The number of nitrogens with zero attached hydrogens (tertiary/aromatic N) is 2. The Kier molecular flexibility index (Phi) is 4.58. The van der Waals surface area contributed by atoms with Crippen molar-refractivity contribution in [3.05, 3.63) is 29.6 Å². The lowest BCUT2D eigenvalue weighted by Crippen LogP contribution is -2.52. The Labute approximate surface area is 117 Å². The first-order chi connectivity index (χ1) is 9.10. The van der Waals surface area contributed by atoms with E-state index < -0.39 is 0 Å². The van der Waals surface area contributed by atoms with Crippen molar-refractivity contribution >= 4 is 0 Å². The number of aryl methyl sites for hydroxylation is 1. The van der Waals surface area contributed by atoms with Crippen molar-refractivity contribution in [2.45, 2.75) is 51.1 Å². The quantitative estimate of drug-likeness (QED) is 0.883. The third-order valence-corrected chi connectivity index (χ3v) is 4.54. The van der Waals surface area contributed by atoms with Crippen LogP contribution in [-0.4, -0.2) is 36.1 Å². The Morgan fingerprint density at radius 2 is 2.00 bits per heavy atom. The number of rotatable bonds is 5. The van der Waals surface area contributed by atoms with E-state index in [1.807, 2.05) is 12.4 Å². The SMILES string of the molecule is CCNC(c1cncc(C)c1)C1(N(C)C)CCCC1. The molecule has 1 unspecified atom stereocenters. The van der Waals surface area contributed by atoms with Crippen LogP contribution in [0, 0.1) is 6.92 Å². The summed E-state index contributed by atoms with van der Waals surface area (Å²) in [6.07, 6.45) is 9.17. The smallest absolute Gasteiger partial charge is 0.0522 e. The van der Waals surface area contributed by atoms with Crippen molar-refractivity contribution in [2.75, 3.05) is 20.6 Å². The second kappa shape index (κ2) is 6.02. The molecule has 106 valence electrons. The average molecular weight is 261 g/mol. The first kappa shape index (κ1) is 14.5. The molecule has 1 heterocycles. The van der Waals surface area contributed by atoms with E-state index in [4.69, 9.17) is 0 Å². The molecular formula is C16H27N3. The van der Waals surface area contributed by atoms with Crippen LogP contribution in [0.15, 0.2) is 18.5 Å². The van der Waals surface area contributed by atoms with E-state index in [-0.39, 0.29) is 5.54 Å². The Balaban J connectivity index is 2.38. The third-order valence-electron chi connectivity index (χ3n) is 4.54. The van der Waals surface area contributed by atoms with Gasteiger partial charge in [0.2, 0.25) is 0 Å². The van der Waals surface area contributed by atoms with Gasteiger partial charge in [0.1, 0.15) is 0 Å². The molecule has 0 radical (unpaired) electrons. The fourth-order valence-corrected chi connectivity index (χ4v) is 3.54. The maximum absolute atomic E-state index is 4.39. The summed E-state index contributed by atoms with van der Waals surface area (Å²) in [5.41, 5.74) is 2.82. The van der Waals surface area contributed by atoms with E-state index in [0.717, 1.165) is 6.54 Å². The highest BCUT2D eigenvalue weighted by Crippen LogP contribution is 2.43. The molecule has 19 heavy (non-hydrogen) atoms. The van der Waals surface area contributed by atoms with Crippen LogP contribution in [0.5, 0.6) is 0 Å². The zero-order chi connectivity index (χ0) is 13.9. The molecule has 0 saturated heterocycles. The van der Waals surface area contributed by atoms with E-state index in [1.54, 1.807) is 0 Å². The molecule has 0 aromatic carbocycles. The molecule has 0 aliphatic heterocycles. The van der Waals surface area contributed by atoms with Gasteiger partial charge in [0.15, 0.2) is 0 Å². The normalized spacial score (nSPS) is 19.8. The van der Waals surface area contributed by atoms with Gasteiger partial charge in [0, 0.05) is 17.9 Å². The highest BCUT2D eigenvalue weighted by atomic mass is 15.2. The maximum Gasteiger partial charge on any atom is 0.0522 e. The Morgan fingerprint density at radius 3 is 2.53 bits per heavy atom. The summed E-state index contributed by atoms with van der Waals surface area (Å²) in [5, 5.41) is 3.71. The minimum atomic E-state index is 0.242. The van der Waals surface area contributed by atoms with E-state index in [9.17, 15) is 0 Å². The van der Waals surface area contributed by atoms with E-state index in [2.05, 4.69) is 49.2 Å². The number of hydrogen-bond acceptors (Lipinski definition) is 3. The Morgan fingerprint density at radius 1 is 1.32 bits per heavy atom. The zero-order valence-corrected chi connectivity index (χ0v) is 12.7. The summed E-state index contributed by atoms with van der Waals surface area (Å²) in [7, 11) is 4.44. The Bertz CT molecular complexity index is 408. The van der Waals surface area contributed by atoms with Crippen LogP contribution in [0.25, 0.3) is 0 Å². The number of nitrogens with one attached hydrogen (secondary N) is 1. The fourth-order valence-electron chi connectivity index (χ4n) is 3.54. The van der Waals surface area contributed by atoms with Gasteiger partial charge in [0.05, 0.1) is 6.04 Å².